The number of aryl methyl sites for hydroxylation is 1. The molecule has 0 spiro atoms. The number of amides is 1. The van der Waals surface area contributed by atoms with Crippen LogP contribution in [0.2, 0.25) is 0 Å². The zero-order valence-corrected chi connectivity index (χ0v) is 16.7. The monoisotopic (exact) mass is 418 g/mol. The first-order valence-electron chi connectivity index (χ1n) is 9.38. The van der Waals surface area contributed by atoms with Crippen molar-refractivity contribution in [2.75, 3.05) is 19.7 Å². The molecule has 3 aromatic rings. The van der Waals surface area contributed by atoms with E-state index in [9.17, 15) is 13.6 Å². The molecular weight excluding hydrogens is 398 g/mol. The second kappa shape index (κ2) is 8.32. The second-order valence-corrected chi connectivity index (χ2v) is 7.96. The van der Waals surface area contributed by atoms with Crippen LogP contribution in [0.15, 0.2) is 36.4 Å². The lowest BCUT2D eigenvalue weighted by Gasteiger charge is -2.31. The van der Waals surface area contributed by atoms with Gasteiger partial charge in [-0.15, -0.1) is 0 Å². The van der Waals surface area contributed by atoms with Crippen LogP contribution in [0.5, 0.6) is 10.9 Å². The third kappa shape index (κ3) is 4.48. The average Bonchev–Trinajstić information content (AvgIpc) is 3.10. The summed E-state index contributed by atoms with van der Waals surface area (Å²) in [4.78, 5) is 18.3. The number of carbonyl (C=O) groups excluding carboxylic acids is 1. The molecule has 1 aliphatic heterocycles. The lowest BCUT2D eigenvalue weighted by molar-refractivity contribution is -0.135. The highest BCUT2D eigenvalue weighted by Crippen LogP contribution is 2.32. The molecule has 0 unspecified atom stereocenters. The van der Waals surface area contributed by atoms with Gasteiger partial charge in [-0.2, -0.15) is 4.98 Å². The third-order valence-corrected chi connectivity index (χ3v) is 5.79. The molecule has 1 aliphatic rings. The Kier molecular flexibility index (Phi) is 5.62. The molecule has 1 amide bonds. The minimum absolute atomic E-state index is 0.000905. The lowest BCUT2D eigenvalue weighted by atomic mass is 10.1. The second-order valence-electron chi connectivity index (χ2n) is 6.97. The number of nitrogens with zero attached hydrogens (tertiary/aromatic N) is 2. The van der Waals surface area contributed by atoms with E-state index in [0.717, 1.165) is 23.0 Å². The standard InChI is InChI=1S/C21H20F2N2O3S/c1-13-4-2-3-5-17(13)27-12-19(26)25-8-6-15(7-9-25)28-21-24-20-16(23)10-14(22)11-18(20)29-21/h2-5,10-11,15H,6-9,12H2,1H3. The van der Waals surface area contributed by atoms with Crippen LogP contribution in [0.1, 0.15) is 18.4 Å². The molecule has 0 N–H and O–H groups in total. The molecule has 0 bridgehead atoms. The molecule has 29 heavy (non-hydrogen) atoms. The van der Waals surface area contributed by atoms with E-state index in [1.165, 1.54) is 6.07 Å². The molecule has 8 heteroatoms. The van der Waals surface area contributed by atoms with Crippen LogP contribution in [0.25, 0.3) is 10.2 Å². The van der Waals surface area contributed by atoms with Crippen molar-refractivity contribution in [2.45, 2.75) is 25.9 Å². The third-order valence-electron chi connectivity index (χ3n) is 4.90. The Hall–Kier alpha value is -2.74. The van der Waals surface area contributed by atoms with Crippen molar-refractivity contribution in [2.24, 2.45) is 0 Å². The number of benzene rings is 2. The quantitative estimate of drug-likeness (QED) is 0.619. The number of rotatable bonds is 5. The largest absolute Gasteiger partial charge is 0.484 e. The zero-order chi connectivity index (χ0) is 20.4. The minimum atomic E-state index is -0.694. The van der Waals surface area contributed by atoms with Crippen molar-refractivity contribution >= 4 is 27.5 Å². The van der Waals surface area contributed by atoms with Gasteiger partial charge in [0.2, 0.25) is 0 Å². The smallest absolute Gasteiger partial charge is 0.274 e. The number of fused-ring (bicyclic) bond motifs is 1. The summed E-state index contributed by atoms with van der Waals surface area (Å²) in [6, 6.07) is 9.64. The van der Waals surface area contributed by atoms with Crippen molar-refractivity contribution < 1.29 is 23.0 Å². The number of carbonyl (C=O) groups is 1. The van der Waals surface area contributed by atoms with Gasteiger partial charge in [-0.25, -0.2) is 8.78 Å². The number of hydrogen-bond acceptors (Lipinski definition) is 5. The molecule has 2 aromatic carbocycles. The van der Waals surface area contributed by atoms with Gasteiger partial charge < -0.3 is 14.4 Å². The fourth-order valence-electron chi connectivity index (χ4n) is 3.30. The maximum atomic E-state index is 13.8. The highest BCUT2D eigenvalue weighted by molar-refractivity contribution is 7.20. The summed E-state index contributed by atoms with van der Waals surface area (Å²) in [6.07, 6.45) is 1.16. The molecule has 1 aromatic heterocycles. The molecule has 0 atom stereocenters. The summed E-state index contributed by atoms with van der Waals surface area (Å²) < 4.78 is 39.0. The molecule has 5 nitrogen and oxygen atoms in total. The van der Waals surface area contributed by atoms with E-state index in [-0.39, 0.29) is 24.1 Å². The van der Waals surface area contributed by atoms with E-state index in [1.54, 1.807) is 4.90 Å². The van der Waals surface area contributed by atoms with Crippen molar-refractivity contribution in [3.05, 3.63) is 53.6 Å². The van der Waals surface area contributed by atoms with E-state index in [0.29, 0.717) is 41.6 Å². The lowest BCUT2D eigenvalue weighted by Crippen LogP contribution is -2.43. The van der Waals surface area contributed by atoms with Gasteiger partial charge in [0, 0.05) is 32.0 Å². The van der Waals surface area contributed by atoms with Gasteiger partial charge in [-0.3, -0.25) is 4.79 Å². The predicted molar refractivity (Wildman–Crippen MR) is 106 cm³/mol. The number of para-hydroxylation sites is 1. The fourth-order valence-corrected chi connectivity index (χ4v) is 4.22. The van der Waals surface area contributed by atoms with E-state index < -0.39 is 11.6 Å². The summed E-state index contributed by atoms with van der Waals surface area (Å²) in [5, 5.41) is 0.317. The van der Waals surface area contributed by atoms with Gasteiger partial charge in [0.05, 0.1) is 4.70 Å². The maximum Gasteiger partial charge on any atom is 0.274 e. The Morgan fingerprint density at radius 1 is 1.24 bits per heavy atom. The van der Waals surface area contributed by atoms with E-state index >= 15 is 0 Å². The summed E-state index contributed by atoms with van der Waals surface area (Å²) in [6.45, 7) is 3.03. The molecule has 1 fully saturated rings. The van der Waals surface area contributed by atoms with Gasteiger partial charge in [-0.1, -0.05) is 29.5 Å². The Morgan fingerprint density at radius 2 is 2.00 bits per heavy atom. The summed E-state index contributed by atoms with van der Waals surface area (Å²) >= 11 is 1.12. The Morgan fingerprint density at radius 3 is 2.76 bits per heavy atom. The highest BCUT2D eigenvalue weighted by atomic mass is 32.1. The van der Waals surface area contributed by atoms with E-state index in [2.05, 4.69) is 4.98 Å². The summed E-state index contributed by atoms with van der Waals surface area (Å²) in [5.74, 6) is -0.687. The molecule has 0 aliphatic carbocycles. The Labute approximate surface area is 170 Å². The molecule has 152 valence electrons. The van der Waals surface area contributed by atoms with Crippen LogP contribution in [0.4, 0.5) is 8.78 Å². The average molecular weight is 418 g/mol. The predicted octanol–water partition coefficient (Wildman–Crippen LogP) is 4.33. The van der Waals surface area contributed by atoms with Crippen molar-refractivity contribution in [1.82, 2.24) is 9.88 Å². The number of aromatic nitrogens is 1. The maximum absolute atomic E-state index is 13.8. The molecule has 1 saturated heterocycles. The Bertz CT molecular complexity index is 1030. The van der Waals surface area contributed by atoms with Gasteiger partial charge in [0.1, 0.15) is 23.2 Å². The molecule has 4 rings (SSSR count). The number of hydrogen-bond donors (Lipinski definition) is 0. The van der Waals surface area contributed by atoms with Crippen LogP contribution >= 0.6 is 11.3 Å². The summed E-state index contributed by atoms with van der Waals surface area (Å²) in [5.41, 5.74) is 1.10. The number of ether oxygens (including phenoxy) is 2. The summed E-state index contributed by atoms with van der Waals surface area (Å²) in [7, 11) is 0. The first kappa shape index (κ1) is 19.6. The molecule has 2 heterocycles. The zero-order valence-electron chi connectivity index (χ0n) is 15.9. The van der Waals surface area contributed by atoms with Crippen LogP contribution in [0.3, 0.4) is 0 Å². The van der Waals surface area contributed by atoms with Crippen LogP contribution < -0.4 is 9.47 Å². The normalized spacial score (nSPS) is 14.9. The van der Waals surface area contributed by atoms with Crippen LogP contribution in [-0.2, 0) is 4.79 Å². The van der Waals surface area contributed by atoms with Crippen molar-refractivity contribution in [1.29, 1.82) is 0 Å². The van der Waals surface area contributed by atoms with Gasteiger partial charge in [0.15, 0.2) is 12.4 Å². The highest BCUT2D eigenvalue weighted by Gasteiger charge is 2.25. The molecule has 0 saturated carbocycles. The van der Waals surface area contributed by atoms with E-state index in [4.69, 9.17) is 9.47 Å². The van der Waals surface area contributed by atoms with Crippen LogP contribution in [-0.4, -0.2) is 41.6 Å². The van der Waals surface area contributed by atoms with Crippen molar-refractivity contribution in [3.63, 3.8) is 0 Å². The number of piperidine rings is 1. The number of thiazole rings is 1. The van der Waals surface area contributed by atoms with E-state index in [1.807, 2.05) is 31.2 Å². The van der Waals surface area contributed by atoms with Gasteiger partial charge >= 0.3 is 0 Å². The Balaban J connectivity index is 1.30. The van der Waals surface area contributed by atoms with Crippen molar-refractivity contribution in [3.8, 4) is 10.9 Å². The SMILES string of the molecule is Cc1ccccc1OCC(=O)N1CCC(Oc2nc3c(F)cc(F)cc3s2)CC1. The first-order valence-corrected chi connectivity index (χ1v) is 10.2. The molecule has 0 radical (unpaired) electrons. The minimum Gasteiger partial charge on any atom is -0.484 e. The number of halogens is 2. The topological polar surface area (TPSA) is 51.7 Å². The van der Waals surface area contributed by atoms with Gasteiger partial charge in [-0.05, 0) is 24.6 Å². The van der Waals surface area contributed by atoms with Crippen LogP contribution in [0, 0.1) is 18.6 Å². The number of likely N-dealkylation sites (tertiary alicyclic amines) is 1. The molecular formula is C21H20F2N2O3S. The fraction of sp³-hybridized carbons (Fsp3) is 0.333. The first-order chi connectivity index (χ1) is 14.0. The van der Waals surface area contributed by atoms with Gasteiger partial charge in [0.25, 0.3) is 11.1 Å².